The summed E-state index contributed by atoms with van der Waals surface area (Å²) in [4.78, 5) is 40.3. The van der Waals surface area contributed by atoms with E-state index in [0.29, 0.717) is 12.0 Å². The van der Waals surface area contributed by atoms with Crippen molar-refractivity contribution in [2.24, 2.45) is 0 Å². The maximum absolute atomic E-state index is 13.5. The topological polar surface area (TPSA) is 66.5 Å². The number of hydrogen-bond donors (Lipinski definition) is 1. The van der Waals surface area contributed by atoms with Crippen molar-refractivity contribution < 1.29 is 14.4 Å². The van der Waals surface area contributed by atoms with Crippen LogP contribution in [0, 0.1) is 0 Å². The van der Waals surface area contributed by atoms with E-state index in [1.54, 1.807) is 6.07 Å². The summed E-state index contributed by atoms with van der Waals surface area (Å²) in [7, 11) is 0. The largest absolute Gasteiger partial charge is 0.325 e. The first-order valence-electron chi connectivity index (χ1n) is 10.3. The third-order valence-electron chi connectivity index (χ3n) is 6.27. The molecule has 0 radical (unpaired) electrons. The molecule has 0 bridgehead atoms. The van der Waals surface area contributed by atoms with E-state index in [0.717, 1.165) is 46.1 Å². The summed E-state index contributed by atoms with van der Waals surface area (Å²) in [5.74, 6) is -0.570. The van der Waals surface area contributed by atoms with Gasteiger partial charge in [0.1, 0.15) is 5.54 Å². The number of nitrogens with one attached hydrogen (secondary N) is 1. The summed E-state index contributed by atoms with van der Waals surface area (Å²) in [5.41, 5.74) is 1.39. The zero-order chi connectivity index (χ0) is 20.7. The second kappa shape index (κ2) is 7.10. The molecule has 1 atom stereocenters. The highest BCUT2D eigenvalue weighted by Crippen LogP contribution is 2.39. The van der Waals surface area contributed by atoms with Crippen LogP contribution in [0.15, 0.2) is 66.7 Å². The number of carbonyl (C=O) groups excluding carboxylic acids is 3. The fraction of sp³-hybridized carbons (Fsp3) is 0.240. The van der Waals surface area contributed by atoms with Gasteiger partial charge in [-0.2, -0.15) is 0 Å². The average molecular weight is 398 g/mol. The number of carbonyl (C=O) groups is 3. The van der Waals surface area contributed by atoms with E-state index in [2.05, 4.69) is 5.32 Å². The number of nitrogens with zero attached hydrogens (tertiary/aromatic N) is 1. The van der Waals surface area contributed by atoms with Crippen molar-refractivity contribution in [2.45, 2.75) is 31.2 Å². The van der Waals surface area contributed by atoms with Gasteiger partial charge in [-0.1, -0.05) is 60.7 Å². The molecular weight excluding hydrogens is 376 g/mol. The highest BCUT2D eigenvalue weighted by atomic mass is 16.2. The molecule has 1 aliphatic carbocycles. The summed E-state index contributed by atoms with van der Waals surface area (Å²) >= 11 is 0. The van der Waals surface area contributed by atoms with Crippen LogP contribution in [0.5, 0.6) is 0 Å². The Morgan fingerprint density at radius 1 is 0.933 bits per heavy atom. The molecule has 0 saturated carbocycles. The van der Waals surface area contributed by atoms with E-state index in [-0.39, 0.29) is 18.2 Å². The number of ketones is 1. The van der Waals surface area contributed by atoms with Gasteiger partial charge in [0.15, 0.2) is 5.78 Å². The predicted molar refractivity (Wildman–Crippen MR) is 114 cm³/mol. The van der Waals surface area contributed by atoms with Crippen LogP contribution in [-0.2, 0) is 16.8 Å². The number of benzene rings is 3. The molecule has 0 aromatic heterocycles. The van der Waals surface area contributed by atoms with Crippen molar-refractivity contribution in [1.82, 2.24) is 10.2 Å². The van der Waals surface area contributed by atoms with Crippen LogP contribution in [0.4, 0.5) is 4.79 Å². The van der Waals surface area contributed by atoms with Gasteiger partial charge in [0.25, 0.3) is 5.91 Å². The Hall–Kier alpha value is -3.47. The van der Waals surface area contributed by atoms with Gasteiger partial charge in [0, 0.05) is 5.56 Å². The predicted octanol–water partition coefficient (Wildman–Crippen LogP) is 4.20. The van der Waals surface area contributed by atoms with Gasteiger partial charge in [-0.3, -0.25) is 14.5 Å². The molecular formula is C25H22N2O3. The Kier molecular flexibility index (Phi) is 4.39. The number of fused-ring (bicyclic) bond motifs is 3. The second-order valence-corrected chi connectivity index (χ2v) is 8.08. The molecule has 3 amide bonds. The molecule has 1 aliphatic heterocycles. The molecule has 1 heterocycles. The Balaban J connectivity index is 1.45. The zero-order valence-electron chi connectivity index (χ0n) is 16.6. The van der Waals surface area contributed by atoms with Crippen LogP contribution in [0.3, 0.4) is 0 Å². The van der Waals surface area contributed by atoms with Gasteiger partial charge < -0.3 is 5.32 Å². The Bertz CT molecular complexity index is 1190. The van der Waals surface area contributed by atoms with E-state index in [1.165, 1.54) is 0 Å². The maximum Gasteiger partial charge on any atom is 0.325 e. The van der Waals surface area contributed by atoms with Crippen LogP contribution < -0.4 is 5.32 Å². The molecule has 1 saturated heterocycles. The molecule has 3 aromatic carbocycles. The second-order valence-electron chi connectivity index (χ2n) is 8.08. The number of aryl methyl sites for hydroxylation is 1. The van der Waals surface area contributed by atoms with Crippen LogP contribution in [0.2, 0.25) is 0 Å². The van der Waals surface area contributed by atoms with Gasteiger partial charge in [0.2, 0.25) is 0 Å². The van der Waals surface area contributed by atoms with E-state index >= 15 is 0 Å². The Morgan fingerprint density at radius 2 is 1.70 bits per heavy atom. The van der Waals surface area contributed by atoms with Crippen LogP contribution in [0.25, 0.3) is 10.8 Å². The lowest BCUT2D eigenvalue weighted by molar-refractivity contribution is -0.131. The molecule has 1 spiro atoms. The van der Waals surface area contributed by atoms with Crippen molar-refractivity contribution in [3.05, 3.63) is 83.4 Å². The quantitative estimate of drug-likeness (QED) is 0.531. The van der Waals surface area contributed by atoms with Crippen molar-refractivity contribution in [3.8, 4) is 0 Å². The highest BCUT2D eigenvalue weighted by Gasteiger charge is 2.53. The van der Waals surface area contributed by atoms with Crippen molar-refractivity contribution in [3.63, 3.8) is 0 Å². The first-order chi connectivity index (χ1) is 14.6. The zero-order valence-corrected chi connectivity index (χ0v) is 16.6. The van der Waals surface area contributed by atoms with E-state index in [9.17, 15) is 14.4 Å². The van der Waals surface area contributed by atoms with Gasteiger partial charge in [0.05, 0.1) is 6.54 Å². The van der Waals surface area contributed by atoms with Crippen molar-refractivity contribution in [1.29, 1.82) is 0 Å². The minimum atomic E-state index is -1.06. The molecule has 5 heteroatoms. The molecule has 1 N–H and O–H groups in total. The lowest BCUT2D eigenvalue weighted by atomic mass is 9.84. The molecule has 5 rings (SSSR count). The van der Waals surface area contributed by atoms with Crippen LogP contribution in [-0.4, -0.2) is 29.2 Å². The maximum atomic E-state index is 13.5. The summed E-state index contributed by atoms with van der Waals surface area (Å²) in [6, 6.07) is 20.5. The van der Waals surface area contributed by atoms with E-state index in [4.69, 9.17) is 0 Å². The number of hydrogen-bond acceptors (Lipinski definition) is 3. The molecule has 1 fully saturated rings. The SMILES string of the molecule is O=C(CN1C(=O)N[C@@]2(CCCCc3ccccc32)C1=O)c1ccc2ccccc2c1. The fourth-order valence-electron chi connectivity index (χ4n) is 4.71. The standard InChI is InChI=1S/C25H22N2O3/c28-22(20-13-12-17-7-1-2-10-19(17)15-20)16-27-23(29)25(26-24(27)30)14-6-5-9-18-8-3-4-11-21(18)25/h1-4,7-8,10-13,15H,5-6,9,14,16H2,(H,26,30)/t25-/m1/s1. The third-order valence-corrected chi connectivity index (χ3v) is 6.27. The first-order valence-corrected chi connectivity index (χ1v) is 10.3. The van der Waals surface area contributed by atoms with E-state index in [1.807, 2.05) is 60.7 Å². The Morgan fingerprint density at radius 3 is 2.57 bits per heavy atom. The minimum absolute atomic E-state index is 0.247. The first kappa shape index (κ1) is 18.6. The van der Waals surface area contributed by atoms with Gasteiger partial charge in [-0.25, -0.2) is 4.79 Å². The van der Waals surface area contributed by atoms with Gasteiger partial charge >= 0.3 is 6.03 Å². The lowest BCUT2D eigenvalue weighted by Gasteiger charge is -2.27. The number of Topliss-reactive ketones (excluding diaryl/α,β-unsaturated/α-hetero) is 1. The molecule has 5 nitrogen and oxygen atoms in total. The third kappa shape index (κ3) is 2.89. The van der Waals surface area contributed by atoms with Gasteiger partial charge in [-0.05, 0) is 53.6 Å². The number of rotatable bonds is 3. The number of amides is 3. The van der Waals surface area contributed by atoms with Crippen LogP contribution in [0.1, 0.15) is 40.7 Å². The van der Waals surface area contributed by atoms with Crippen molar-refractivity contribution in [2.75, 3.05) is 6.54 Å². The summed E-state index contributed by atoms with van der Waals surface area (Å²) in [6.07, 6.45) is 3.25. The monoisotopic (exact) mass is 398 g/mol. The van der Waals surface area contributed by atoms with Gasteiger partial charge in [-0.15, -0.1) is 0 Å². The normalized spacial score (nSPS) is 20.9. The molecule has 2 aliphatic rings. The van der Waals surface area contributed by atoms with Crippen LogP contribution >= 0.6 is 0 Å². The minimum Gasteiger partial charge on any atom is -0.319 e. The number of urea groups is 1. The molecule has 30 heavy (non-hydrogen) atoms. The number of imide groups is 1. The highest BCUT2D eigenvalue weighted by molar-refractivity contribution is 6.12. The molecule has 150 valence electrons. The summed E-state index contributed by atoms with van der Waals surface area (Å²) in [5, 5.41) is 4.93. The Labute approximate surface area is 174 Å². The van der Waals surface area contributed by atoms with E-state index < -0.39 is 11.6 Å². The lowest BCUT2D eigenvalue weighted by Crippen LogP contribution is -2.44. The average Bonchev–Trinajstić information content (AvgIpc) is 2.91. The molecule has 0 unspecified atom stereocenters. The summed E-state index contributed by atoms with van der Waals surface area (Å²) in [6.45, 7) is -0.257. The molecule has 3 aromatic rings. The smallest absolute Gasteiger partial charge is 0.319 e. The van der Waals surface area contributed by atoms with Crippen molar-refractivity contribution >= 4 is 28.5 Å². The fourth-order valence-corrected chi connectivity index (χ4v) is 4.71. The summed E-state index contributed by atoms with van der Waals surface area (Å²) < 4.78 is 0.